The summed E-state index contributed by atoms with van der Waals surface area (Å²) >= 11 is 0. The average Bonchev–Trinajstić information content (AvgIpc) is 3.10. The third-order valence-corrected chi connectivity index (χ3v) is 4.16. The number of anilines is 1. The second kappa shape index (κ2) is 5.98. The van der Waals surface area contributed by atoms with Crippen LogP contribution in [0, 0.1) is 5.92 Å². The molecule has 1 saturated heterocycles. The van der Waals surface area contributed by atoms with E-state index in [-0.39, 0.29) is 30.2 Å². The topological polar surface area (TPSA) is 80.1 Å². The molecule has 2 aromatic rings. The lowest BCUT2D eigenvalue weighted by molar-refractivity contribution is -0.128. The van der Waals surface area contributed by atoms with Crippen LogP contribution in [-0.2, 0) is 9.59 Å². The van der Waals surface area contributed by atoms with Gasteiger partial charge < -0.3 is 10.2 Å². The van der Waals surface area contributed by atoms with Gasteiger partial charge in [0.15, 0.2) is 5.65 Å². The number of fused-ring (bicyclic) bond motifs is 1. The molecule has 2 aromatic heterocycles. The number of rotatable bonds is 4. The number of carbonyl (C=O) groups excluding carboxylic acids is 2. The monoisotopic (exact) mass is 315 g/mol. The summed E-state index contributed by atoms with van der Waals surface area (Å²) < 4.78 is 1.84. The molecular formula is C16H21N5O2. The molecule has 0 radical (unpaired) electrons. The highest BCUT2D eigenvalue weighted by molar-refractivity contribution is 5.98. The summed E-state index contributed by atoms with van der Waals surface area (Å²) in [5, 5.41) is 8.06. The molecule has 3 heterocycles. The number of nitrogens with zero attached hydrogens (tertiary/aromatic N) is 4. The number of hydrogen-bond acceptors (Lipinski definition) is 4. The fraction of sp³-hybridized carbons (Fsp3) is 0.500. The molecule has 0 aromatic carbocycles. The SMILES string of the molecule is CCN1C[C@@H](C(=O)Nc2cnc3c(cnn3C(C)C)c2)CC1=O. The van der Waals surface area contributed by atoms with Gasteiger partial charge in [0, 0.05) is 30.9 Å². The molecule has 1 N–H and O–H groups in total. The van der Waals surface area contributed by atoms with Crippen molar-refractivity contribution in [3.05, 3.63) is 18.5 Å². The van der Waals surface area contributed by atoms with Crippen molar-refractivity contribution >= 4 is 28.5 Å². The van der Waals surface area contributed by atoms with Crippen molar-refractivity contribution in [2.75, 3.05) is 18.4 Å². The number of pyridine rings is 1. The van der Waals surface area contributed by atoms with Gasteiger partial charge in [-0.25, -0.2) is 9.67 Å². The van der Waals surface area contributed by atoms with Gasteiger partial charge in [-0.05, 0) is 26.8 Å². The molecule has 0 spiro atoms. The molecule has 7 heteroatoms. The first-order chi connectivity index (χ1) is 11.0. The fourth-order valence-corrected chi connectivity index (χ4v) is 2.88. The lowest BCUT2D eigenvalue weighted by Gasteiger charge is -2.13. The van der Waals surface area contributed by atoms with E-state index in [1.54, 1.807) is 17.3 Å². The quantitative estimate of drug-likeness (QED) is 0.933. The summed E-state index contributed by atoms with van der Waals surface area (Å²) in [6.07, 6.45) is 3.66. The Morgan fingerprint density at radius 2 is 2.22 bits per heavy atom. The number of amides is 2. The Hall–Kier alpha value is -2.44. The van der Waals surface area contributed by atoms with Crippen molar-refractivity contribution in [1.82, 2.24) is 19.7 Å². The maximum atomic E-state index is 12.3. The van der Waals surface area contributed by atoms with E-state index in [0.717, 1.165) is 11.0 Å². The summed E-state index contributed by atoms with van der Waals surface area (Å²) in [6.45, 7) is 7.13. The summed E-state index contributed by atoms with van der Waals surface area (Å²) in [5.74, 6) is -0.386. The van der Waals surface area contributed by atoms with Crippen molar-refractivity contribution in [2.45, 2.75) is 33.2 Å². The Bertz CT molecular complexity index is 752. The lowest BCUT2D eigenvalue weighted by Crippen LogP contribution is -2.28. The minimum absolute atomic E-state index is 0.0411. The van der Waals surface area contributed by atoms with Crippen molar-refractivity contribution in [1.29, 1.82) is 0 Å². The molecule has 0 unspecified atom stereocenters. The molecule has 1 aliphatic rings. The molecule has 0 saturated carbocycles. The maximum absolute atomic E-state index is 12.3. The van der Waals surface area contributed by atoms with Gasteiger partial charge in [0.1, 0.15) is 0 Å². The van der Waals surface area contributed by atoms with Crippen molar-refractivity contribution in [3.63, 3.8) is 0 Å². The number of hydrogen-bond donors (Lipinski definition) is 1. The molecule has 122 valence electrons. The second-order valence-corrected chi connectivity index (χ2v) is 6.14. The Labute approximate surface area is 134 Å². The highest BCUT2D eigenvalue weighted by Gasteiger charge is 2.33. The summed E-state index contributed by atoms with van der Waals surface area (Å²) in [5.41, 5.74) is 1.43. The molecule has 3 rings (SSSR count). The maximum Gasteiger partial charge on any atom is 0.229 e. The van der Waals surface area contributed by atoms with E-state index in [1.807, 2.05) is 31.5 Å². The zero-order chi connectivity index (χ0) is 16.6. The predicted octanol–water partition coefficient (Wildman–Crippen LogP) is 1.82. The van der Waals surface area contributed by atoms with Gasteiger partial charge >= 0.3 is 0 Å². The predicted molar refractivity (Wildman–Crippen MR) is 86.9 cm³/mol. The minimum Gasteiger partial charge on any atom is -0.342 e. The van der Waals surface area contributed by atoms with Crippen LogP contribution < -0.4 is 5.32 Å². The van der Waals surface area contributed by atoms with Crippen LogP contribution in [0.25, 0.3) is 11.0 Å². The summed E-state index contributed by atoms with van der Waals surface area (Å²) in [7, 11) is 0. The van der Waals surface area contributed by atoms with Gasteiger partial charge in [0.25, 0.3) is 0 Å². The molecule has 0 bridgehead atoms. The number of nitrogens with one attached hydrogen (secondary N) is 1. The van der Waals surface area contributed by atoms with Gasteiger partial charge in [-0.3, -0.25) is 9.59 Å². The number of likely N-dealkylation sites (tertiary alicyclic amines) is 1. The van der Waals surface area contributed by atoms with Crippen LogP contribution in [0.3, 0.4) is 0 Å². The van der Waals surface area contributed by atoms with Gasteiger partial charge in [-0.15, -0.1) is 0 Å². The molecule has 2 amide bonds. The van der Waals surface area contributed by atoms with E-state index in [9.17, 15) is 9.59 Å². The van der Waals surface area contributed by atoms with E-state index in [0.29, 0.717) is 18.8 Å². The van der Waals surface area contributed by atoms with Crippen LogP contribution in [0.15, 0.2) is 18.5 Å². The molecule has 1 fully saturated rings. The van der Waals surface area contributed by atoms with Gasteiger partial charge in [0.2, 0.25) is 11.8 Å². The normalized spacial score (nSPS) is 18.2. The van der Waals surface area contributed by atoms with E-state index in [4.69, 9.17) is 0 Å². The van der Waals surface area contributed by atoms with Crippen LogP contribution in [0.5, 0.6) is 0 Å². The number of carbonyl (C=O) groups is 2. The third kappa shape index (κ3) is 2.91. The Morgan fingerprint density at radius 3 is 2.87 bits per heavy atom. The zero-order valence-corrected chi connectivity index (χ0v) is 13.6. The molecule has 23 heavy (non-hydrogen) atoms. The molecule has 0 aliphatic carbocycles. The lowest BCUT2D eigenvalue weighted by atomic mass is 10.1. The van der Waals surface area contributed by atoms with Crippen molar-refractivity contribution < 1.29 is 9.59 Å². The Kier molecular flexibility index (Phi) is 4.02. The van der Waals surface area contributed by atoms with Gasteiger partial charge in [0.05, 0.1) is 24.0 Å². The Morgan fingerprint density at radius 1 is 1.43 bits per heavy atom. The molecular weight excluding hydrogens is 294 g/mol. The summed E-state index contributed by atoms with van der Waals surface area (Å²) in [6, 6.07) is 2.09. The molecule has 1 atom stereocenters. The van der Waals surface area contributed by atoms with Crippen LogP contribution in [-0.4, -0.2) is 44.6 Å². The smallest absolute Gasteiger partial charge is 0.229 e. The average molecular weight is 315 g/mol. The first-order valence-electron chi connectivity index (χ1n) is 7.91. The highest BCUT2D eigenvalue weighted by atomic mass is 16.2. The number of aromatic nitrogens is 3. The molecule has 1 aliphatic heterocycles. The van der Waals surface area contributed by atoms with E-state index in [1.165, 1.54) is 0 Å². The van der Waals surface area contributed by atoms with Crippen LogP contribution in [0.1, 0.15) is 33.2 Å². The highest BCUT2D eigenvalue weighted by Crippen LogP contribution is 2.22. The largest absolute Gasteiger partial charge is 0.342 e. The molecule has 7 nitrogen and oxygen atoms in total. The van der Waals surface area contributed by atoms with E-state index in [2.05, 4.69) is 15.4 Å². The minimum atomic E-state index is -0.295. The first-order valence-corrected chi connectivity index (χ1v) is 7.91. The van der Waals surface area contributed by atoms with Gasteiger partial charge in [-0.2, -0.15) is 5.10 Å². The van der Waals surface area contributed by atoms with Crippen LogP contribution >= 0.6 is 0 Å². The van der Waals surface area contributed by atoms with Crippen molar-refractivity contribution in [2.24, 2.45) is 5.92 Å². The summed E-state index contributed by atoms with van der Waals surface area (Å²) in [4.78, 5) is 30.2. The van der Waals surface area contributed by atoms with E-state index < -0.39 is 0 Å². The fourth-order valence-electron chi connectivity index (χ4n) is 2.88. The first kappa shape index (κ1) is 15.5. The van der Waals surface area contributed by atoms with Gasteiger partial charge in [-0.1, -0.05) is 0 Å². The van der Waals surface area contributed by atoms with Crippen molar-refractivity contribution in [3.8, 4) is 0 Å². The van der Waals surface area contributed by atoms with Crippen LogP contribution in [0.4, 0.5) is 5.69 Å². The zero-order valence-electron chi connectivity index (χ0n) is 13.6. The standard InChI is InChI=1S/C16H21N5O2/c1-4-20-9-12(6-14(20)22)16(23)19-13-5-11-7-18-21(10(2)3)15(11)17-8-13/h5,7-8,10,12H,4,6,9H2,1-3H3,(H,19,23)/t12-/m0/s1. The van der Waals surface area contributed by atoms with E-state index >= 15 is 0 Å². The second-order valence-electron chi connectivity index (χ2n) is 6.14. The van der Waals surface area contributed by atoms with Crippen LogP contribution in [0.2, 0.25) is 0 Å². The Balaban J connectivity index is 1.74. The third-order valence-electron chi connectivity index (χ3n) is 4.16.